The average Bonchev–Trinajstić information content (AvgIpc) is 2.66. The number of ether oxygens (including phenoxy) is 1. The van der Waals surface area contributed by atoms with Crippen LogP contribution >= 0.6 is 23.4 Å². The summed E-state index contributed by atoms with van der Waals surface area (Å²) in [6.45, 7) is 0.696. The van der Waals surface area contributed by atoms with E-state index in [-0.39, 0.29) is 6.10 Å². The van der Waals surface area contributed by atoms with Gasteiger partial charge in [-0.25, -0.2) is 0 Å². The van der Waals surface area contributed by atoms with Gasteiger partial charge in [0.25, 0.3) is 0 Å². The Kier molecular flexibility index (Phi) is 4.66. The summed E-state index contributed by atoms with van der Waals surface area (Å²) in [6.07, 6.45) is 0.913. The van der Waals surface area contributed by atoms with Gasteiger partial charge in [-0.15, -0.1) is 23.4 Å². The third kappa shape index (κ3) is 2.88. The zero-order valence-electron chi connectivity index (χ0n) is 11.2. The molecule has 2 aromatic carbocycles. The van der Waals surface area contributed by atoms with E-state index < -0.39 is 0 Å². The summed E-state index contributed by atoms with van der Waals surface area (Å²) < 4.78 is 6.16. The van der Waals surface area contributed by atoms with Crippen molar-refractivity contribution < 1.29 is 4.74 Å². The minimum atomic E-state index is 0.0283. The highest BCUT2D eigenvalue weighted by molar-refractivity contribution is 7.98. The average molecular weight is 305 g/mol. The van der Waals surface area contributed by atoms with E-state index >= 15 is 0 Å². The summed E-state index contributed by atoms with van der Waals surface area (Å²) >= 11 is 7.66. The molecular formula is C17H17ClOS. The lowest BCUT2D eigenvalue weighted by atomic mass is 9.97. The van der Waals surface area contributed by atoms with Crippen LogP contribution in [0.2, 0.25) is 0 Å². The zero-order valence-corrected chi connectivity index (χ0v) is 12.8. The minimum Gasteiger partial charge on any atom is -0.369 e. The third-order valence-corrected chi connectivity index (χ3v) is 4.89. The van der Waals surface area contributed by atoms with Gasteiger partial charge >= 0.3 is 0 Å². The molecule has 0 spiro atoms. The molecule has 104 valence electrons. The summed E-state index contributed by atoms with van der Waals surface area (Å²) in [5.74, 6) is 1.65. The first-order chi connectivity index (χ1) is 9.90. The Morgan fingerprint density at radius 3 is 2.65 bits per heavy atom. The molecule has 1 aliphatic rings. The quantitative estimate of drug-likeness (QED) is 0.579. The summed E-state index contributed by atoms with van der Waals surface area (Å²) in [7, 11) is 0. The molecule has 0 fully saturated rings. The maximum Gasteiger partial charge on any atom is 0.109 e. The second-order valence-electron chi connectivity index (χ2n) is 4.82. The van der Waals surface area contributed by atoms with Crippen molar-refractivity contribution in [3.05, 3.63) is 65.2 Å². The van der Waals surface area contributed by atoms with Crippen LogP contribution in [0.1, 0.15) is 29.2 Å². The van der Waals surface area contributed by atoms with Crippen LogP contribution in [-0.2, 0) is 10.5 Å². The second kappa shape index (κ2) is 6.66. The maximum atomic E-state index is 6.16. The Morgan fingerprint density at radius 1 is 1.05 bits per heavy atom. The van der Waals surface area contributed by atoms with Crippen LogP contribution in [-0.4, -0.2) is 12.5 Å². The Morgan fingerprint density at radius 2 is 1.80 bits per heavy atom. The number of hydrogen-bond acceptors (Lipinski definition) is 2. The standard InChI is InChI=1S/C17H17ClOS/c18-10-5-11-19-17-14-7-2-1-6-13(14)12-20-16-9-4-3-8-15(16)17/h1-4,6-9,17H,5,10-12H2/t17-/m0/s1. The molecule has 3 rings (SSSR count). The molecule has 0 N–H and O–H groups in total. The van der Waals surface area contributed by atoms with E-state index in [4.69, 9.17) is 16.3 Å². The zero-order chi connectivity index (χ0) is 13.8. The Labute approximate surface area is 129 Å². The van der Waals surface area contributed by atoms with Gasteiger partial charge in [0, 0.05) is 23.1 Å². The Balaban J connectivity index is 2.00. The number of rotatable bonds is 4. The van der Waals surface area contributed by atoms with Crippen LogP contribution in [0, 0.1) is 0 Å². The molecule has 0 saturated carbocycles. The van der Waals surface area contributed by atoms with Gasteiger partial charge in [0.15, 0.2) is 0 Å². The molecule has 20 heavy (non-hydrogen) atoms. The van der Waals surface area contributed by atoms with Crippen LogP contribution in [0.4, 0.5) is 0 Å². The molecule has 0 bridgehead atoms. The Bertz CT molecular complexity index is 537. The van der Waals surface area contributed by atoms with Crippen LogP contribution in [0.25, 0.3) is 0 Å². The van der Waals surface area contributed by atoms with Gasteiger partial charge in [-0.3, -0.25) is 0 Å². The van der Waals surface area contributed by atoms with Crippen LogP contribution in [0.5, 0.6) is 0 Å². The highest BCUT2D eigenvalue weighted by Crippen LogP contribution is 2.40. The summed E-state index contributed by atoms with van der Waals surface area (Å²) in [4.78, 5) is 1.32. The van der Waals surface area contributed by atoms with Crippen molar-refractivity contribution in [2.24, 2.45) is 0 Å². The predicted molar refractivity (Wildman–Crippen MR) is 85.6 cm³/mol. The van der Waals surface area contributed by atoms with Gasteiger partial charge in [-0.05, 0) is 29.2 Å². The molecule has 0 radical (unpaired) electrons. The highest BCUT2D eigenvalue weighted by Gasteiger charge is 2.23. The number of halogens is 1. The number of hydrogen-bond donors (Lipinski definition) is 0. The topological polar surface area (TPSA) is 9.23 Å². The monoisotopic (exact) mass is 304 g/mol. The van der Waals surface area contributed by atoms with Crippen molar-refractivity contribution in [1.82, 2.24) is 0 Å². The number of alkyl halides is 1. The molecular weight excluding hydrogens is 288 g/mol. The van der Waals surface area contributed by atoms with Gasteiger partial charge in [-0.2, -0.15) is 0 Å². The van der Waals surface area contributed by atoms with Crippen molar-refractivity contribution in [3.8, 4) is 0 Å². The number of thioether (sulfide) groups is 1. The van der Waals surface area contributed by atoms with Gasteiger partial charge in [0.05, 0.1) is 0 Å². The van der Waals surface area contributed by atoms with Gasteiger partial charge in [0.1, 0.15) is 6.10 Å². The fraction of sp³-hybridized carbons (Fsp3) is 0.294. The van der Waals surface area contributed by atoms with E-state index in [1.165, 1.54) is 21.6 Å². The van der Waals surface area contributed by atoms with E-state index in [1.54, 1.807) is 0 Å². The van der Waals surface area contributed by atoms with E-state index in [2.05, 4.69) is 48.5 Å². The molecule has 0 saturated heterocycles. The molecule has 1 nitrogen and oxygen atoms in total. The fourth-order valence-corrected chi connectivity index (χ4v) is 3.71. The molecule has 1 aliphatic heterocycles. The van der Waals surface area contributed by atoms with Crippen molar-refractivity contribution in [3.63, 3.8) is 0 Å². The molecule has 1 heterocycles. The number of fused-ring (bicyclic) bond motifs is 2. The van der Waals surface area contributed by atoms with E-state index in [1.807, 2.05) is 11.8 Å². The first-order valence-electron chi connectivity index (χ1n) is 6.87. The Hall–Kier alpha value is -0.960. The smallest absolute Gasteiger partial charge is 0.109 e. The second-order valence-corrected chi connectivity index (χ2v) is 6.21. The van der Waals surface area contributed by atoms with Crippen molar-refractivity contribution >= 4 is 23.4 Å². The molecule has 2 aromatic rings. The van der Waals surface area contributed by atoms with E-state index in [0.717, 1.165) is 12.2 Å². The minimum absolute atomic E-state index is 0.0283. The highest BCUT2D eigenvalue weighted by atomic mass is 35.5. The maximum absolute atomic E-state index is 6.16. The normalized spacial score (nSPS) is 17.1. The van der Waals surface area contributed by atoms with Crippen LogP contribution in [0.3, 0.4) is 0 Å². The van der Waals surface area contributed by atoms with E-state index in [0.29, 0.717) is 12.5 Å². The summed E-state index contributed by atoms with van der Waals surface area (Å²) in [5.41, 5.74) is 3.93. The molecule has 1 atom stereocenters. The van der Waals surface area contributed by atoms with Gasteiger partial charge in [0.2, 0.25) is 0 Å². The molecule has 3 heteroatoms. The SMILES string of the molecule is ClCCCO[C@H]1c2ccccc2CSc2ccccc21. The first kappa shape index (κ1) is 14.0. The predicted octanol–water partition coefficient (Wildman–Crippen LogP) is 5.03. The third-order valence-electron chi connectivity index (χ3n) is 3.48. The summed E-state index contributed by atoms with van der Waals surface area (Å²) in [6, 6.07) is 17.1. The molecule has 0 amide bonds. The van der Waals surface area contributed by atoms with Crippen molar-refractivity contribution in [1.29, 1.82) is 0 Å². The summed E-state index contributed by atoms with van der Waals surface area (Å²) in [5, 5.41) is 0. The van der Waals surface area contributed by atoms with E-state index in [9.17, 15) is 0 Å². The lowest BCUT2D eigenvalue weighted by Gasteiger charge is -2.20. The van der Waals surface area contributed by atoms with Crippen molar-refractivity contribution in [2.45, 2.75) is 23.2 Å². The fourth-order valence-electron chi connectivity index (χ4n) is 2.51. The molecule has 0 unspecified atom stereocenters. The first-order valence-corrected chi connectivity index (χ1v) is 8.39. The van der Waals surface area contributed by atoms with Crippen molar-refractivity contribution in [2.75, 3.05) is 12.5 Å². The lowest BCUT2D eigenvalue weighted by Crippen LogP contribution is -2.09. The lowest BCUT2D eigenvalue weighted by molar-refractivity contribution is 0.0792. The van der Waals surface area contributed by atoms with Crippen LogP contribution < -0.4 is 0 Å². The van der Waals surface area contributed by atoms with Gasteiger partial charge in [-0.1, -0.05) is 42.5 Å². The largest absolute Gasteiger partial charge is 0.369 e. The molecule has 0 aliphatic carbocycles. The van der Waals surface area contributed by atoms with Crippen LogP contribution in [0.15, 0.2) is 53.4 Å². The van der Waals surface area contributed by atoms with Gasteiger partial charge < -0.3 is 4.74 Å². The molecule has 0 aromatic heterocycles. The number of benzene rings is 2.